The lowest BCUT2D eigenvalue weighted by Crippen LogP contribution is -2.25. The Morgan fingerprint density at radius 1 is 1.04 bits per heavy atom. The molecule has 124 valence electrons. The number of nitrogens with one attached hydrogen (secondary N) is 1. The molecular formula is C21H19N3O. The van der Waals surface area contributed by atoms with Gasteiger partial charge in [-0.3, -0.25) is 0 Å². The number of H-pyrrole nitrogens is 1. The number of para-hydroxylation sites is 1. The first kappa shape index (κ1) is 14.3. The van der Waals surface area contributed by atoms with Crippen molar-refractivity contribution in [3.63, 3.8) is 0 Å². The molecule has 5 rings (SSSR count). The second-order valence-corrected chi connectivity index (χ2v) is 7.39. The number of rotatable bonds is 1. The number of benzene rings is 2. The van der Waals surface area contributed by atoms with Gasteiger partial charge in [-0.25, -0.2) is 4.98 Å². The van der Waals surface area contributed by atoms with Crippen LogP contribution in [-0.4, -0.2) is 19.9 Å². The summed E-state index contributed by atoms with van der Waals surface area (Å²) in [6.45, 7) is 4.49. The van der Waals surface area contributed by atoms with Gasteiger partial charge in [0, 0.05) is 22.9 Å². The monoisotopic (exact) mass is 329 g/mol. The zero-order valence-electron chi connectivity index (χ0n) is 14.2. The Balaban J connectivity index is 1.83. The van der Waals surface area contributed by atoms with E-state index in [-0.39, 0.29) is 5.41 Å². The molecule has 2 aromatic carbocycles. The number of fused-ring (bicyclic) bond motifs is 5. The van der Waals surface area contributed by atoms with Gasteiger partial charge < -0.3 is 10.2 Å². The van der Waals surface area contributed by atoms with Crippen LogP contribution in [0, 0.1) is 0 Å². The summed E-state index contributed by atoms with van der Waals surface area (Å²) in [5.74, 6) is 0.591. The minimum atomic E-state index is -0.0513. The van der Waals surface area contributed by atoms with E-state index in [1.807, 2.05) is 36.4 Å². The lowest BCUT2D eigenvalue weighted by atomic mass is 9.74. The molecule has 0 amide bonds. The summed E-state index contributed by atoms with van der Waals surface area (Å²) < 4.78 is 1.24. The summed E-state index contributed by atoms with van der Waals surface area (Å²) in [7, 11) is 0. The molecule has 0 saturated heterocycles. The van der Waals surface area contributed by atoms with Crippen LogP contribution in [0.4, 0.5) is 0 Å². The number of aromatic amines is 1. The van der Waals surface area contributed by atoms with Crippen molar-refractivity contribution >= 4 is 10.9 Å². The Bertz CT molecular complexity index is 1100. The second-order valence-electron chi connectivity index (χ2n) is 7.39. The Morgan fingerprint density at radius 2 is 1.76 bits per heavy atom. The molecule has 0 atom stereocenters. The Morgan fingerprint density at radius 3 is 2.56 bits per heavy atom. The number of hydrogen-bond acceptors (Lipinski definition) is 2. The van der Waals surface area contributed by atoms with E-state index in [1.54, 1.807) is 0 Å². The fraction of sp³-hybridized carbons (Fsp3) is 0.190. The molecule has 4 aromatic rings. The molecule has 0 fully saturated rings. The van der Waals surface area contributed by atoms with Crippen LogP contribution in [0.15, 0.2) is 54.6 Å². The van der Waals surface area contributed by atoms with Crippen molar-refractivity contribution < 1.29 is 5.21 Å². The molecule has 0 aliphatic heterocycles. The van der Waals surface area contributed by atoms with Crippen LogP contribution in [0.2, 0.25) is 0 Å². The molecule has 4 heteroatoms. The van der Waals surface area contributed by atoms with Crippen molar-refractivity contribution in [3.05, 3.63) is 65.9 Å². The zero-order valence-corrected chi connectivity index (χ0v) is 14.2. The topological polar surface area (TPSA) is 53.8 Å². The quantitative estimate of drug-likeness (QED) is 0.494. The van der Waals surface area contributed by atoms with E-state index < -0.39 is 0 Å². The van der Waals surface area contributed by atoms with Crippen molar-refractivity contribution in [2.75, 3.05) is 0 Å². The lowest BCUT2D eigenvalue weighted by molar-refractivity contribution is 0.194. The molecule has 25 heavy (non-hydrogen) atoms. The predicted molar refractivity (Wildman–Crippen MR) is 98.9 cm³/mol. The predicted octanol–water partition coefficient (Wildman–Crippen LogP) is 4.77. The highest BCUT2D eigenvalue weighted by molar-refractivity contribution is 5.93. The highest BCUT2D eigenvalue weighted by Crippen LogP contribution is 2.46. The zero-order chi connectivity index (χ0) is 17.2. The highest BCUT2D eigenvalue weighted by atomic mass is 16.5. The number of nitrogens with zero attached hydrogens (tertiary/aromatic N) is 2. The van der Waals surface area contributed by atoms with Crippen LogP contribution in [0.5, 0.6) is 0 Å². The molecular weight excluding hydrogens is 310 g/mol. The summed E-state index contributed by atoms with van der Waals surface area (Å²) in [6, 6.07) is 18.1. The first-order valence-electron chi connectivity index (χ1n) is 8.54. The van der Waals surface area contributed by atoms with E-state index >= 15 is 0 Å². The largest absolute Gasteiger partial charge is 0.426 e. The third kappa shape index (κ3) is 1.91. The van der Waals surface area contributed by atoms with Crippen LogP contribution in [0.1, 0.15) is 25.1 Å². The highest BCUT2D eigenvalue weighted by Gasteiger charge is 2.38. The molecule has 2 heterocycles. The van der Waals surface area contributed by atoms with Crippen LogP contribution >= 0.6 is 0 Å². The fourth-order valence-corrected chi connectivity index (χ4v) is 4.13. The maximum absolute atomic E-state index is 10.9. The van der Waals surface area contributed by atoms with E-state index in [0.29, 0.717) is 5.82 Å². The molecule has 0 saturated carbocycles. The van der Waals surface area contributed by atoms with Crippen LogP contribution in [-0.2, 0) is 11.8 Å². The minimum absolute atomic E-state index is 0.0513. The van der Waals surface area contributed by atoms with Gasteiger partial charge in [-0.15, -0.1) is 0 Å². The number of aromatic nitrogens is 3. The molecule has 0 spiro atoms. The second kappa shape index (κ2) is 4.76. The van der Waals surface area contributed by atoms with Crippen molar-refractivity contribution in [1.82, 2.24) is 14.7 Å². The Labute approximate surface area is 145 Å². The molecule has 0 bridgehead atoms. The van der Waals surface area contributed by atoms with Crippen molar-refractivity contribution in [1.29, 1.82) is 0 Å². The van der Waals surface area contributed by atoms with Gasteiger partial charge in [0.2, 0.25) is 0 Å². The molecule has 2 N–H and O–H groups in total. The average molecular weight is 329 g/mol. The summed E-state index contributed by atoms with van der Waals surface area (Å²) >= 11 is 0. The molecule has 2 aromatic heterocycles. The maximum atomic E-state index is 10.9. The number of hydrogen-bond donors (Lipinski definition) is 2. The molecule has 1 aliphatic rings. The summed E-state index contributed by atoms with van der Waals surface area (Å²) in [5.41, 5.74) is 5.90. The third-order valence-electron chi connectivity index (χ3n) is 5.19. The molecule has 4 nitrogen and oxygen atoms in total. The smallest absolute Gasteiger partial charge is 0.176 e. The van der Waals surface area contributed by atoms with Crippen molar-refractivity contribution in [3.8, 4) is 22.8 Å². The molecule has 1 aliphatic carbocycles. The summed E-state index contributed by atoms with van der Waals surface area (Å²) in [5, 5.41) is 12.1. The van der Waals surface area contributed by atoms with Gasteiger partial charge in [0.15, 0.2) is 5.82 Å². The van der Waals surface area contributed by atoms with E-state index in [1.165, 1.54) is 15.7 Å². The Kier molecular flexibility index (Phi) is 2.73. The van der Waals surface area contributed by atoms with Crippen LogP contribution in [0.25, 0.3) is 33.7 Å². The van der Waals surface area contributed by atoms with Crippen LogP contribution < -0.4 is 0 Å². The van der Waals surface area contributed by atoms with E-state index in [9.17, 15) is 5.21 Å². The standard InChI is InChI=1S/C21H19N3O/c1-21(2)12-16-19(18-17(21)14-10-6-7-11-15(14)22-18)24(25)20(23-16)13-8-4-3-5-9-13/h3-11,22,25H,12H2,1-2H3. The minimum Gasteiger partial charge on any atom is -0.426 e. The van der Waals surface area contributed by atoms with Crippen molar-refractivity contribution in [2.45, 2.75) is 25.7 Å². The maximum Gasteiger partial charge on any atom is 0.176 e. The van der Waals surface area contributed by atoms with Crippen LogP contribution in [0.3, 0.4) is 0 Å². The van der Waals surface area contributed by atoms with Crippen molar-refractivity contribution in [2.24, 2.45) is 0 Å². The number of imidazole rings is 1. The van der Waals surface area contributed by atoms with Gasteiger partial charge in [-0.05, 0) is 17.0 Å². The average Bonchev–Trinajstić information content (AvgIpc) is 3.13. The summed E-state index contributed by atoms with van der Waals surface area (Å²) in [4.78, 5) is 8.29. The first-order valence-corrected chi connectivity index (χ1v) is 8.54. The SMILES string of the molecule is CC1(C)Cc2nc(-c3ccccc3)n(O)c2-c2[nH]c3ccccc3c21. The van der Waals surface area contributed by atoms with Gasteiger partial charge in [0.05, 0.1) is 11.4 Å². The lowest BCUT2D eigenvalue weighted by Gasteiger charge is -2.29. The Hall–Kier alpha value is -3.01. The van der Waals surface area contributed by atoms with Gasteiger partial charge in [0.25, 0.3) is 0 Å². The van der Waals surface area contributed by atoms with Gasteiger partial charge >= 0.3 is 0 Å². The van der Waals surface area contributed by atoms with Gasteiger partial charge in [0.1, 0.15) is 5.69 Å². The fourth-order valence-electron chi connectivity index (χ4n) is 4.13. The molecule has 0 radical (unpaired) electrons. The first-order chi connectivity index (χ1) is 12.1. The normalized spacial score (nSPS) is 15.1. The molecule has 0 unspecified atom stereocenters. The third-order valence-corrected chi connectivity index (χ3v) is 5.19. The summed E-state index contributed by atoms with van der Waals surface area (Å²) in [6.07, 6.45) is 0.796. The van der Waals surface area contributed by atoms with E-state index in [0.717, 1.165) is 34.6 Å². The van der Waals surface area contributed by atoms with E-state index in [2.05, 4.69) is 37.0 Å². The van der Waals surface area contributed by atoms with Gasteiger partial charge in [-0.2, -0.15) is 4.73 Å². The van der Waals surface area contributed by atoms with E-state index in [4.69, 9.17) is 4.98 Å². The van der Waals surface area contributed by atoms with Gasteiger partial charge in [-0.1, -0.05) is 62.4 Å².